The summed E-state index contributed by atoms with van der Waals surface area (Å²) in [6, 6.07) is 16.8. The summed E-state index contributed by atoms with van der Waals surface area (Å²) in [5.74, 6) is 0.498. The number of hydrogen-bond donors (Lipinski definition) is 0. The van der Waals surface area contributed by atoms with Crippen LogP contribution >= 0.6 is 0 Å². The summed E-state index contributed by atoms with van der Waals surface area (Å²) in [5.41, 5.74) is 2.69. The molecule has 0 spiro atoms. The third kappa shape index (κ3) is 3.04. The van der Waals surface area contributed by atoms with Crippen LogP contribution < -0.4 is 9.75 Å². The van der Waals surface area contributed by atoms with Gasteiger partial charge < -0.3 is 9.47 Å². The van der Waals surface area contributed by atoms with Crippen molar-refractivity contribution in [2.75, 3.05) is 19.2 Å². The predicted molar refractivity (Wildman–Crippen MR) is 88.9 cm³/mol. The Labute approximate surface area is 135 Å². The molecule has 5 heteroatoms. The summed E-state index contributed by atoms with van der Waals surface area (Å²) in [6.07, 6.45) is 0.508. The summed E-state index contributed by atoms with van der Waals surface area (Å²) in [5, 5.41) is 6.37. The lowest BCUT2D eigenvalue weighted by molar-refractivity contribution is -0.141. The zero-order valence-electron chi connectivity index (χ0n) is 13.1. The normalized spacial score (nSPS) is 16.9. The first-order valence-corrected chi connectivity index (χ1v) is 7.37. The minimum Gasteiger partial charge on any atom is -0.497 e. The standard InChI is InChI=1S/C18H18N2O3/c1-22-15-10-8-13(9-11-15)16-12-17(18(21)23-2)20(19-16)14-6-4-3-5-7-14/h3-11,17H,12H2,1-2H3. The largest absolute Gasteiger partial charge is 0.497 e. The van der Waals surface area contributed by atoms with Gasteiger partial charge in [-0.25, -0.2) is 4.79 Å². The Bertz CT molecular complexity index is 711. The van der Waals surface area contributed by atoms with Gasteiger partial charge in [-0.05, 0) is 42.0 Å². The zero-order valence-corrected chi connectivity index (χ0v) is 13.1. The van der Waals surface area contributed by atoms with E-state index >= 15 is 0 Å². The van der Waals surface area contributed by atoms with Gasteiger partial charge in [-0.2, -0.15) is 5.10 Å². The Morgan fingerprint density at radius 1 is 1.09 bits per heavy atom. The number of para-hydroxylation sites is 1. The Balaban J connectivity index is 1.93. The first-order chi connectivity index (χ1) is 11.2. The number of ether oxygens (including phenoxy) is 2. The summed E-state index contributed by atoms with van der Waals surface area (Å²) >= 11 is 0. The van der Waals surface area contributed by atoms with Crippen LogP contribution in [0.3, 0.4) is 0 Å². The predicted octanol–water partition coefficient (Wildman–Crippen LogP) is 2.85. The van der Waals surface area contributed by atoms with Crippen molar-refractivity contribution < 1.29 is 14.3 Å². The van der Waals surface area contributed by atoms with E-state index in [4.69, 9.17) is 9.47 Å². The highest BCUT2D eigenvalue weighted by Crippen LogP contribution is 2.27. The van der Waals surface area contributed by atoms with Gasteiger partial charge in [-0.3, -0.25) is 5.01 Å². The van der Waals surface area contributed by atoms with E-state index < -0.39 is 6.04 Å². The first kappa shape index (κ1) is 15.1. The van der Waals surface area contributed by atoms with Crippen molar-refractivity contribution >= 4 is 17.4 Å². The van der Waals surface area contributed by atoms with Crippen LogP contribution in [-0.2, 0) is 9.53 Å². The molecule has 0 N–H and O–H groups in total. The van der Waals surface area contributed by atoms with Gasteiger partial charge in [0, 0.05) is 6.42 Å². The topological polar surface area (TPSA) is 51.1 Å². The molecule has 1 heterocycles. The molecule has 5 nitrogen and oxygen atoms in total. The molecule has 1 aliphatic heterocycles. The minimum absolute atomic E-state index is 0.291. The molecule has 0 aliphatic carbocycles. The zero-order chi connectivity index (χ0) is 16.2. The van der Waals surface area contributed by atoms with Gasteiger partial charge in [0.25, 0.3) is 0 Å². The van der Waals surface area contributed by atoms with Crippen molar-refractivity contribution in [3.05, 3.63) is 60.2 Å². The van der Waals surface area contributed by atoms with Crippen molar-refractivity contribution in [1.82, 2.24) is 0 Å². The number of rotatable bonds is 4. The second-order valence-electron chi connectivity index (χ2n) is 5.20. The number of esters is 1. The second-order valence-corrected chi connectivity index (χ2v) is 5.20. The lowest BCUT2D eigenvalue weighted by Gasteiger charge is -2.21. The maximum Gasteiger partial charge on any atom is 0.331 e. The summed E-state index contributed by atoms with van der Waals surface area (Å²) in [4.78, 5) is 12.1. The minimum atomic E-state index is -0.445. The SMILES string of the molecule is COC(=O)C1CC(c2ccc(OC)cc2)=NN1c1ccccc1. The molecule has 1 aliphatic rings. The number of hydrogen-bond acceptors (Lipinski definition) is 5. The number of hydrazone groups is 1. The number of carbonyl (C=O) groups is 1. The van der Waals surface area contributed by atoms with Gasteiger partial charge >= 0.3 is 5.97 Å². The number of anilines is 1. The van der Waals surface area contributed by atoms with Crippen LogP contribution in [0.2, 0.25) is 0 Å². The Hall–Kier alpha value is -2.82. The van der Waals surface area contributed by atoms with Crippen LogP contribution in [0.15, 0.2) is 59.7 Å². The molecule has 0 saturated carbocycles. The van der Waals surface area contributed by atoms with E-state index in [0.717, 1.165) is 22.7 Å². The summed E-state index contributed by atoms with van der Waals surface area (Å²) in [7, 11) is 3.03. The fourth-order valence-corrected chi connectivity index (χ4v) is 2.61. The van der Waals surface area contributed by atoms with E-state index in [-0.39, 0.29) is 5.97 Å². The quantitative estimate of drug-likeness (QED) is 0.815. The van der Waals surface area contributed by atoms with E-state index in [9.17, 15) is 4.79 Å². The molecule has 0 aromatic heterocycles. The van der Waals surface area contributed by atoms with Gasteiger partial charge in [0.2, 0.25) is 0 Å². The summed E-state index contributed by atoms with van der Waals surface area (Å²) in [6.45, 7) is 0. The molecule has 0 fully saturated rings. The molecule has 0 radical (unpaired) electrons. The molecule has 2 aromatic carbocycles. The highest BCUT2D eigenvalue weighted by molar-refractivity contribution is 6.06. The Morgan fingerprint density at radius 2 is 1.78 bits per heavy atom. The lowest BCUT2D eigenvalue weighted by atomic mass is 10.0. The van der Waals surface area contributed by atoms with Crippen LogP contribution in [0.1, 0.15) is 12.0 Å². The van der Waals surface area contributed by atoms with Gasteiger partial charge in [-0.15, -0.1) is 0 Å². The van der Waals surface area contributed by atoms with E-state index in [0.29, 0.717) is 6.42 Å². The van der Waals surface area contributed by atoms with Crippen LogP contribution in [-0.4, -0.2) is 31.9 Å². The van der Waals surface area contributed by atoms with Crippen molar-refractivity contribution in [3.63, 3.8) is 0 Å². The summed E-state index contributed by atoms with van der Waals surface area (Å²) < 4.78 is 10.1. The van der Waals surface area contributed by atoms with E-state index in [1.165, 1.54) is 7.11 Å². The lowest BCUT2D eigenvalue weighted by Crippen LogP contribution is -2.35. The van der Waals surface area contributed by atoms with Gasteiger partial charge in [0.05, 0.1) is 25.6 Å². The average Bonchev–Trinajstić information content (AvgIpc) is 3.07. The monoisotopic (exact) mass is 310 g/mol. The molecule has 0 saturated heterocycles. The van der Waals surface area contributed by atoms with Crippen LogP contribution in [0, 0.1) is 0 Å². The highest BCUT2D eigenvalue weighted by Gasteiger charge is 2.34. The average molecular weight is 310 g/mol. The fraction of sp³-hybridized carbons (Fsp3) is 0.222. The smallest absolute Gasteiger partial charge is 0.331 e. The third-order valence-electron chi connectivity index (χ3n) is 3.83. The van der Waals surface area contributed by atoms with Gasteiger partial charge in [-0.1, -0.05) is 18.2 Å². The molecular weight excluding hydrogens is 292 g/mol. The Morgan fingerprint density at radius 3 is 2.39 bits per heavy atom. The van der Waals surface area contributed by atoms with Crippen LogP contribution in [0.4, 0.5) is 5.69 Å². The number of carbonyl (C=O) groups excluding carboxylic acids is 1. The number of methoxy groups -OCH3 is 2. The molecule has 23 heavy (non-hydrogen) atoms. The molecule has 1 unspecified atom stereocenters. The second kappa shape index (κ2) is 6.52. The molecular formula is C18H18N2O3. The molecule has 3 rings (SSSR count). The van der Waals surface area contributed by atoms with E-state index in [2.05, 4.69) is 5.10 Å². The van der Waals surface area contributed by atoms with E-state index in [1.807, 2.05) is 54.6 Å². The van der Waals surface area contributed by atoms with Crippen LogP contribution in [0.25, 0.3) is 0 Å². The first-order valence-electron chi connectivity index (χ1n) is 7.37. The highest BCUT2D eigenvalue weighted by atomic mass is 16.5. The van der Waals surface area contributed by atoms with Crippen molar-refractivity contribution in [2.24, 2.45) is 5.10 Å². The third-order valence-corrected chi connectivity index (χ3v) is 3.83. The molecule has 118 valence electrons. The van der Waals surface area contributed by atoms with Crippen LogP contribution in [0.5, 0.6) is 5.75 Å². The van der Waals surface area contributed by atoms with Crippen molar-refractivity contribution in [1.29, 1.82) is 0 Å². The Kier molecular flexibility index (Phi) is 4.28. The molecule has 1 atom stereocenters. The van der Waals surface area contributed by atoms with E-state index in [1.54, 1.807) is 12.1 Å². The fourth-order valence-electron chi connectivity index (χ4n) is 2.61. The van der Waals surface area contributed by atoms with Crippen molar-refractivity contribution in [3.8, 4) is 5.75 Å². The van der Waals surface area contributed by atoms with Crippen molar-refractivity contribution in [2.45, 2.75) is 12.5 Å². The van der Waals surface area contributed by atoms with Gasteiger partial charge in [0.1, 0.15) is 5.75 Å². The molecule has 0 bridgehead atoms. The maximum absolute atomic E-state index is 12.1. The number of nitrogens with zero attached hydrogens (tertiary/aromatic N) is 2. The molecule has 0 amide bonds. The van der Waals surface area contributed by atoms with Gasteiger partial charge in [0.15, 0.2) is 6.04 Å². The molecule has 2 aromatic rings. The number of benzene rings is 2. The maximum atomic E-state index is 12.1.